The van der Waals surface area contributed by atoms with Crippen molar-refractivity contribution in [3.05, 3.63) is 61.9 Å². The number of rotatable bonds is 4. The average molecular weight is 500 g/mol. The fourth-order valence-electron chi connectivity index (χ4n) is 3.76. The molecule has 3 heterocycles. The van der Waals surface area contributed by atoms with E-state index in [0.717, 1.165) is 29.7 Å². The third-order valence-corrected chi connectivity index (χ3v) is 7.50. The number of hydrogen-bond acceptors (Lipinski definition) is 9. The maximum atomic E-state index is 16.2. The van der Waals surface area contributed by atoms with Crippen LogP contribution in [0.2, 0.25) is 5.02 Å². The van der Waals surface area contributed by atoms with E-state index in [9.17, 15) is 24.4 Å². The molecule has 0 bridgehead atoms. The molecule has 0 spiro atoms. The molecule has 1 saturated heterocycles. The summed E-state index contributed by atoms with van der Waals surface area (Å²) in [5.74, 6) is -3.02. The molecule has 0 radical (unpaired) electrons. The van der Waals surface area contributed by atoms with Crippen LogP contribution >= 0.6 is 19.4 Å². The highest BCUT2D eigenvalue weighted by atomic mass is 35.5. The van der Waals surface area contributed by atoms with Crippen molar-refractivity contribution in [2.75, 3.05) is 0 Å². The van der Waals surface area contributed by atoms with E-state index in [1.54, 1.807) is 18.2 Å². The van der Waals surface area contributed by atoms with Gasteiger partial charge in [0.15, 0.2) is 7.85 Å². The van der Waals surface area contributed by atoms with E-state index in [-0.39, 0.29) is 12.4 Å². The molecule has 174 valence electrons. The lowest BCUT2D eigenvalue weighted by atomic mass is 9.59. The smallest absolute Gasteiger partial charge is 0.404 e. The largest absolute Gasteiger partial charge is 0.529 e. The summed E-state index contributed by atoms with van der Waals surface area (Å²) in [6, 6.07) is 6.56. The number of alkyl halides is 1. The van der Waals surface area contributed by atoms with Gasteiger partial charge in [0.1, 0.15) is 44.3 Å². The lowest BCUT2D eigenvalue weighted by Crippen LogP contribution is -2.60. The number of nitrogens with zero attached hydrogens (tertiary/aromatic N) is 1. The lowest BCUT2D eigenvalue weighted by molar-refractivity contribution is -0.240. The number of H-pyrrole nitrogens is 1. The topological polar surface area (TPSA) is 149 Å². The molecule has 0 saturated carbocycles. The number of phosphoric ester groups is 1. The van der Waals surface area contributed by atoms with Gasteiger partial charge in [-0.2, -0.15) is 0 Å². The van der Waals surface area contributed by atoms with E-state index in [0.29, 0.717) is 10.1 Å². The number of halogens is 2. The van der Waals surface area contributed by atoms with Gasteiger partial charge in [0, 0.05) is 11.8 Å². The molecule has 11 nitrogen and oxygen atoms in total. The third-order valence-electron chi connectivity index (χ3n) is 5.68. The first-order chi connectivity index (χ1) is 15.2. The number of ether oxygens (including phenoxy) is 1. The standard InChI is InChI=1S/C16H18B3ClFN2O9P/c17-15(23-5-8(20)12(26)22-13(23)27)11(25)10(24)14(21,31-15)16(18,19)32-33(28)29-6-7-3-1-2-4-9(7)30-33/h1-5,10-11,24-25H,6,17-19H2,(H,22,26,27)/t10-,11+,14-,15-,33?/m0/s1. The Labute approximate surface area is 193 Å². The zero-order chi connectivity index (χ0) is 24.4. The van der Waals surface area contributed by atoms with Crippen LogP contribution < -0.4 is 15.8 Å². The summed E-state index contributed by atoms with van der Waals surface area (Å²) in [6.45, 7) is -0.141. The van der Waals surface area contributed by atoms with E-state index in [1.807, 2.05) is 4.98 Å². The highest BCUT2D eigenvalue weighted by Crippen LogP contribution is 2.59. The van der Waals surface area contributed by atoms with E-state index in [1.165, 1.54) is 6.07 Å². The summed E-state index contributed by atoms with van der Waals surface area (Å²) in [7, 11) is -1.10. The van der Waals surface area contributed by atoms with Gasteiger partial charge in [0.05, 0.1) is 12.0 Å². The fraction of sp³-hybridized carbons (Fsp3) is 0.375. The number of hydrogen-bond donors (Lipinski definition) is 3. The predicted molar refractivity (Wildman–Crippen MR) is 120 cm³/mol. The van der Waals surface area contributed by atoms with Gasteiger partial charge in [-0.1, -0.05) is 29.8 Å². The number of aromatic amines is 1. The summed E-state index contributed by atoms with van der Waals surface area (Å²) in [6.07, 6.45) is -3.50. The Balaban J connectivity index is 1.68. The maximum Gasteiger partial charge on any atom is 0.529 e. The molecule has 1 unspecified atom stereocenters. The summed E-state index contributed by atoms with van der Waals surface area (Å²) in [5.41, 5.74) is -3.64. The Morgan fingerprint density at radius 3 is 2.67 bits per heavy atom. The van der Waals surface area contributed by atoms with Crippen LogP contribution in [0, 0.1) is 0 Å². The van der Waals surface area contributed by atoms with Crippen molar-refractivity contribution < 1.29 is 37.5 Å². The molecule has 17 heteroatoms. The van der Waals surface area contributed by atoms with Crippen LogP contribution in [0.5, 0.6) is 5.75 Å². The number of benzene rings is 1. The van der Waals surface area contributed by atoms with Crippen LogP contribution in [0.3, 0.4) is 0 Å². The number of aliphatic hydroxyl groups excluding tert-OH is 2. The van der Waals surface area contributed by atoms with Crippen molar-refractivity contribution in [3.8, 4) is 5.75 Å². The van der Waals surface area contributed by atoms with Gasteiger partial charge in [-0.05, 0) is 6.07 Å². The second-order valence-electron chi connectivity index (χ2n) is 8.32. The Kier molecular flexibility index (Phi) is 5.77. The third kappa shape index (κ3) is 3.81. The molecule has 5 atom stereocenters. The highest BCUT2D eigenvalue weighted by Gasteiger charge is 2.69. The second-order valence-corrected chi connectivity index (χ2v) is 10.2. The molecular formula is C16H18B3ClFN2O9P. The van der Waals surface area contributed by atoms with E-state index in [2.05, 4.69) is 0 Å². The van der Waals surface area contributed by atoms with Crippen molar-refractivity contribution >= 4 is 43.0 Å². The number of fused-ring (bicyclic) bond motifs is 1. The Morgan fingerprint density at radius 1 is 1.30 bits per heavy atom. The zero-order valence-corrected chi connectivity index (χ0v) is 19.3. The molecule has 1 aromatic carbocycles. The maximum absolute atomic E-state index is 16.2. The Hall–Kier alpha value is -1.86. The summed E-state index contributed by atoms with van der Waals surface area (Å²) in [4.78, 5) is 25.8. The highest BCUT2D eigenvalue weighted by molar-refractivity contribution is 7.49. The fourth-order valence-corrected chi connectivity index (χ4v) is 5.45. The van der Waals surface area contributed by atoms with Gasteiger partial charge in [-0.25, -0.2) is 13.8 Å². The van der Waals surface area contributed by atoms with Crippen molar-refractivity contribution in [2.24, 2.45) is 0 Å². The minimum atomic E-state index is -4.40. The zero-order valence-electron chi connectivity index (χ0n) is 17.7. The van der Waals surface area contributed by atoms with Crippen molar-refractivity contribution in [1.82, 2.24) is 9.55 Å². The van der Waals surface area contributed by atoms with Crippen LogP contribution in [-0.4, -0.2) is 66.8 Å². The molecule has 1 fully saturated rings. The van der Waals surface area contributed by atoms with E-state index in [4.69, 9.17) is 29.9 Å². The normalized spacial score (nSPS) is 33.9. The quantitative estimate of drug-likeness (QED) is 0.306. The number of phosphoric acid groups is 1. The van der Waals surface area contributed by atoms with Gasteiger partial charge in [0.2, 0.25) is 0 Å². The lowest BCUT2D eigenvalue weighted by Gasteiger charge is -2.41. The minimum Gasteiger partial charge on any atom is -0.404 e. The molecule has 2 aromatic rings. The molecule has 2 aliphatic rings. The van der Waals surface area contributed by atoms with Gasteiger partial charge in [-0.15, -0.1) is 0 Å². The number of nitrogens with one attached hydrogen (secondary N) is 1. The summed E-state index contributed by atoms with van der Waals surface area (Å²) >= 11 is 5.77. The first kappa shape index (κ1) is 24.3. The van der Waals surface area contributed by atoms with Gasteiger partial charge >= 0.3 is 13.5 Å². The van der Waals surface area contributed by atoms with Crippen LogP contribution in [0.15, 0.2) is 40.1 Å². The predicted octanol–water partition coefficient (Wildman–Crippen LogP) is -2.49. The number of aromatic nitrogens is 2. The summed E-state index contributed by atoms with van der Waals surface area (Å²) < 4.78 is 51.3. The molecule has 4 rings (SSSR count). The SMILES string of the molecule is BC(B)(OP1(=O)OCc2ccccc2O1)[C@@]1(F)O[C@@](B)(n2cc(Cl)c(=O)[nH]c2=O)[C@H](O)[C@@H]1O. The van der Waals surface area contributed by atoms with E-state index >= 15 is 4.39 Å². The van der Waals surface area contributed by atoms with Crippen LogP contribution in [0.1, 0.15) is 5.56 Å². The summed E-state index contributed by atoms with van der Waals surface area (Å²) in [5, 5.41) is 18.6. The van der Waals surface area contributed by atoms with Gasteiger partial charge < -0.3 is 19.5 Å². The molecule has 0 amide bonds. The monoisotopic (exact) mass is 500 g/mol. The van der Waals surface area contributed by atoms with Crippen molar-refractivity contribution in [3.63, 3.8) is 0 Å². The van der Waals surface area contributed by atoms with Crippen molar-refractivity contribution in [2.45, 2.75) is 35.7 Å². The van der Waals surface area contributed by atoms with Gasteiger partial charge in [-0.3, -0.25) is 23.4 Å². The number of aliphatic hydroxyl groups is 2. The van der Waals surface area contributed by atoms with Crippen LogP contribution in [0.25, 0.3) is 0 Å². The Bertz CT molecular complexity index is 1280. The van der Waals surface area contributed by atoms with Gasteiger partial charge in [0.25, 0.3) is 11.4 Å². The average Bonchev–Trinajstić information content (AvgIpc) is 2.91. The van der Waals surface area contributed by atoms with E-state index < -0.39 is 53.2 Å². The molecular weight excluding hydrogens is 482 g/mol. The molecule has 2 aliphatic heterocycles. The molecule has 0 aliphatic carbocycles. The molecule has 3 N–H and O–H groups in total. The molecule has 33 heavy (non-hydrogen) atoms. The Morgan fingerprint density at radius 2 is 1.97 bits per heavy atom. The molecule has 1 aromatic heterocycles. The second kappa shape index (κ2) is 7.84. The first-order valence-corrected chi connectivity index (χ1v) is 11.6. The van der Waals surface area contributed by atoms with Crippen molar-refractivity contribution in [1.29, 1.82) is 0 Å². The number of para-hydroxylation sites is 1. The van der Waals surface area contributed by atoms with Crippen LogP contribution in [-0.2, 0) is 30.6 Å². The first-order valence-electron chi connectivity index (χ1n) is 9.72. The van der Waals surface area contributed by atoms with Crippen LogP contribution in [0.4, 0.5) is 4.39 Å². The minimum absolute atomic E-state index is 0.141.